The van der Waals surface area contributed by atoms with Gasteiger partial charge >= 0.3 is 0 Å². The lowest BCUT2D eigenvalue weighted by atomic mass is 10.0. The molecule has 4 rings (SSSR count). The largest absolute Gasteiger partial charge is 0.366 e. The number of pyridine rings is 1. The fourth-order valence-electron chi connectivity index (χ4n) is 3.40. The van der Waals surface area contributed by atoms with E-state index < -0.39 is 15.9 Å². The number of nitrogens with two attached hydrogens (primary N) is 1. The topological polar surface area (TPSA) is 102 Å². The minimum atomic E-state index is -4.05. The first kappa shape index (κ1) is 19.6. The summed E-state index contributed by atoms with van der Waals surface area (Å²) in [6.45, 7) is 0. The van der Waals surface area contributed by atoms with Crippen molar-refractivity contribution in [2.75, 3.05) is 4.72 Å². The van der Waals surface area contributed by atoms with Gasteiger partial charge in [0.25, 0.3) is 10.0 Å². The molecule has 1 aromatic heterocycles. The van der Waals surface area contributed by atoms with Crippen molar-refractivity contribution in [2.24, 2.45) is 5.73 Å². The molecule has 0 aliphatic rings. The smallest absolute Gasteiger partial charge is 0.262 e. The lowest BCUT2D eigenvalue weighted by Crippen LogP contribution is -2.22. The molecule has 4 aromatic rings. The summed E-state index contributed by atoms with van der Waals surface area (Å²) in [6.07, 6.45) is 2.04. The number of primary amides is 1. The summed E-state index contributed by atoms with van der Waals surface area (Å²) in [5.74, 6) is -0.798. The van der Waals surface area contributed by atoms with Crippen LogP contribution in [0, 0.1) is 0 Å². The van der Waals surface area contributed by atoms with Crippen LogP contribution < -0.4 is 10.5 Å². The van der Waals surface area contributed by atoms with Crippen molar-refractivity contribution in [2.45, 2.75) is 11.3 Å². The number of para-hydroxylation sites is 1. The summed E-state index contributed by atoms with van der Waals surface area (Å²) in [6, 6.07) is 22.8. The molecule has 0 radical (unpaired) electrons. The van der Waals surface area contributed by atoms with Crippen molar-refractivity contribution in [3.05, 3.63) is 102 Å². The summed E-state index contributed by atoms with van der Waals surface area (Å²) in [7, 11) is -4.05. The molecule has 0 bridgehead atoms. The molecule has 1 amide bonds. The highest BCUT2D eigenvalue weighted by atomic mass is 32.2. The molecule has 150 valence electrons. The van der Waals surface area contributed by atoms with Gasteiger partial charge in [-0.15, -0.1) is 0 Å². The zero-order chi connectivity index (χ0) is 21.1. The SMILES string of the molecule is NC(=O)c1cccc(Cc2ccc3ncccc3c2)c1S(=O)(=O)Nc1ccccc1. The summed E-state index contributed by atoms with van der Waals surface area (Å²) in [4.78, 5) is 16.2. The van der Waals surface area contributed by atoms with Gasteiger partial charge in [0.05, 0.1) is 11.1 Å². The predicted molar refractivity (Wildman–Crippen MR) is 117 cm³/mol. The number of rotatable bonds is 6. The van der Waals surface area contributed by atoms with Crippen LogP contribution in [0.5, 0.6) is 0 Å². The van der Waals surface area contributed by atoms with E-state index in [1.165, 1.54) is 6.07 Å². The first-order valence-corrected chi connectivity index (χ1v) is 10.8. The Kier molecular flexibility index (Phi) is 5.20. The number of sulfonamides is 1. The van der Waals surface area contributed by atoms with E-state index in [0.29, 0.717) is 17.7 Å². The van der Waals surface area contributed by atoms with Crippen molar-refractivity contribution in [3.8, 4) is 0 Å². The molecule has 6 nitrogen and oxygen atoms in total. The lowest BCUT2D eigenvalue weighted by Gasteiger charge is -2.15. The second kappa shape index (κ2) is 7.96. The number of anilines is 1. The number of amides is 1. The first-order chi connectivity index (χ1) is 14.4. The maximum Gasteiger partial charge on any atom is 0.262 e. The monoisotopic (exact) mass is 417 g/mol. The Labute approximate surface area is 174 Å². The summed E-state index contributed by atoms with van der Waals surface area (Å²) in [5.41, 5.74) is 8.09. The Morgan fingerprint density at radius 1 is 0.933 bits per heavy atom. The summed E-state index contributed by atoms with van der Waals surface area (Å²) in [5, 5.41) is 0.952. The molecule has 3 aromatic carbocycles. The number of nitrogens with one attached hydrogen (secondary N) is 1. The number of nitrogens with zero attached hydrogens (tertiary/aromatic N) is 1. The highest BCUT2D eigenvalue weighted by Gasteiger charge is 2.25. The quantitative estimate of drug-likeness (QED) is 0.499. The van der Waals surface area contributed by atoms with E-state index in [-0.39, 0.29) is 10.5 Å². The number of fused-ring (bicyclic) bond motifs is 1. The van der Waals surface area contributed by atoms with Crippen molar-refractivity contribution in [3.63, 3.8) is 0 Å². The number of hydrogen-bond acceptors (Lipinski definition) is 4. The molecule has 0 spiro atoms. The van der Waals surface area contributed by atoms with E-state index in [4.69, 9.17) is 5.73 Å². The zero-order valence-electron chi connectivity index (χ0n) is 15.9. The van der Waals surface area contributed by atoms with Crippen LogP contribution in [0.3, 0.4) is 0 Å². The maximum atomic E-state index is 13.2. The van der Waals surface area contributed by atoms with E-state index in [1.54, 1.807) is 48.7 Å². The third kappa shape index (κ3) is 4.01. The highest BCUT2D eigenvalue weighted by Crippen LogP contribution is 2.26. The second-order valence-electron chi connectivity index (χ2n) is 6.84. The zero-order valence-corrected chi connectivity index (χ0v) is 16.8. The minimum absolute atomic E-state index is 0.0432. The molecule has 30 heavy (non-hydrogen) atoms. The molecule has 0 saturated carbocycles. The van der Waals surface area contributed by atoms with Gasteiger partial charge in [0.2, 0.25) is 5.91 Å². The highest BCUT2D eigenvalue weighted by molar-refractivity contribution is 7.92. The van der Waals surface area contributed by atoms with E-state index in [1.807, 2.05) is 30.3 Å². The van der Waals surface area contributed by atoms with Gasteiger partial charge in [0.15, 0.2) is 0 Å². The number of benzene rings is 3. The van der Waals surface area contributed by atoms with Gasteiger partial charge in [-0.1, -0.05) is 42.5 Å². The standard InChI is InChI=1S/C23H19N3O3S/c24-23(27)20-10-4-6-18(15-16-11-12-21-17(14-16)7-5-13-25-21)22(20)30(28,29)26-19-8-2-1-3-9-19/h1-14,26H,15H2,(H2,24,27). The average molecular weight is 417 g/mol. The van der Waals surface area contributed by atoms with Crippen molar-refractivity contribution < 1.29 is 13.2 Å². The molecular formula is C23H19N3O3S. The number of hydrogen-bond donors (Lipinski definition) is 2. The molecule has 0 aliphatic heterocycles. The fraction of sp³-hybridized carbons (Fsp3) is 0.0435. The molecular weight excluding hydrogens is 398 g/mol. The molecule has 1 heterocycles. The molecule has 7 heteroatoms. The van der Waals surface area contributed by atoms with Crippen LogP contribution >= 0.6 is 0 Å². The van der Waals surface area contributed by atoms with Crippen LogP contribution in [0.1, 0.15) is 21.5 Å². The number of aromatic nitrogens is 1. The molecule has 0 unspecified atom stereocenters. The van der Waals surface area contributed by atoms with Crippen LogP contribution in [-0.2, 0) is 16.4 Å². The Bertz CT molecular complexity index is 1340. The third-order valence-corrected chi connectivity index (χ3v) is 6.24. The average Bonchev–Trinajstić information content (AvgIpc) is 2.74. The van der Waals surface area contributed by atoms with Gasteiger partial charge in [-0.05, 0) is 53.9 Å². The Hall–Kier alpha value is -3.71. The first-order valence-electron chi connectivity index (χ1n) is 9.27. The van der Waals surface area contributed by atoms with Gasteiger partial charge in [-0.2, -0.15) is 0 Å². The van der Waals surface area contributed by atoms with Crippen LogP contribution in [0.15, 0.2) is 90.0 Å². The fourth-order valence-corrected chi connectivity index (χ4v) is 4.89. The number of carbonyl (C=O) groups excluding carboxylic acids is 1. The predicted octanol–water partition coefficient (Wildman–Crippen LogP) is 3.73. The third-order valence-electron chi connectivity index (χ3n) is 4.72. The molecule has 3 N–H and O–H groups in total. The van der Waals surface area contributed by atoms with Crippen LogP contribution in [0.4, 0.5) is 5.69 Å². The van der Waals surface area contributed by atoms with Gasteiger partial charge in [0.1, 0.15) is 4.90 Å². The van der Waals surface area contributed by atoms with E-state index in [9.17, 15) is 13.2 Å². The van der Waals surface area contributed by atoms with Gasteiger partial charge in [-0.25, -0.2) is 8.42 Å². The second-order valence-corrected chi connectivity index (χ2v) is 8.46. The van der Waals surface area contributed by atoms with E-state index >= 15 is 0 Å². The minimum Gasteiger partial charge on any atom is -0.366 e. The number of carbonyl (C=O) groups is 1. The Balaban J connectivity index is 1.79. The molecule has 0 atom stereocenters. The molecule has 0 fully saturated rings. The van der Waals surface area contributed by atoms with Crippen molar-refractivity contribution in [1.82, 2.24) is 4.98 Å². The van der Waals surface area contributed by atoms with E-state index in [2.05, 4.69) is 9.71 Å². The van der Waals surface area contributed by atoms with Crippen LogP contribution in [0.25, 0.3) is 10.9 Å². The van der Waals surface area contributed by atoms with Gasteiger partial charge < -0.3 is 5.73 Å². The van der Waals surface area contributed by atoms with Gasteiger partial charge in [0, 0.05) is 17.3 Å². The molecule has 0 aliphatic carbocycles. The van der Waals surface area contributed by atoms with Gasteiger partial charge in [-0.3, -0.25) is 14.5 Å². The summed E-state index contributed by atoms with van der Waals surface area (Å²) >= 11 is 0. The van der Waals surface area contributed by atoms with Crippen LogP contribution in [0.2, 0.25) is 0 Å². The van der Waals surface area contributed by atoms with Crippen molar-refractivity contribution >= 4 is 32.5 Å². The normalized spacial score (nSPS) is 11.3. The summed E-state index contributed by atoms with van der Waals surface area (Å²) < 4.78 is 29.0. The lowest BCUT2D eigenvalue weighted by molar-refractivity contribution is 0.0997. The van der Waals surface area contributed by atoms with Crippen LogP contribution in [-0.4, -0.2) is 19.3 Å². The Morgan fingerprint density at radius 2 is 1.73 bits per heavy atom. The maximum absolute atomic E-state index is 13.2. The molecule has 0 saturated heterocycles. The van der Waals surface area contributed by atoms with Crippen molar-refractivity contribution in [1.29, 1.82) is 0 Å². The van der Waals surface area contributed by atoms with E-state index in [0.717, 1.165) is 16.5 Å². The Morgan fingerprint density at radius 3 is 2.50 bits per heavy atom.